The van der Waals surface area contributed by atoms with Gasteiger partial charge in [0, 0.05) is 32.2 Å². The highest BCUT2D eigenvalue weighted by atomic mass is 32.1. The van der Waals surface area contributed by atoms with Crippen molar-refractivity contribution in [2.45, 2.75) is 31.1 Å². The number of halogens is 1. The number of piperidine rings is 2. The molecule has 4 heterocycles. The van der Waals surface area contributed by atoms with Crippen molar-refractivity contribution < 1.29 is 9.50 Å². The summed E-state index contributed by atoms with van der Waals surface area (Å²) in [6, 6.07) is 4.66. The molecule has 1 aromatic carbocycles. The van der Waals surface area contributed by atoms with Crippen molar-refractivity contribution in [2.24, 2.45) is 13.0 Å². The van der Waals surface area contributed by atoms with Crippen molar-refractivity contribution in [3.8, 4) is 27.7 Å². The van der Waals surface area contributed by atoms with E-state index in [-0.39, 0.29) is 29.6 Å². The van der Waals surface area contributed by atoms with Crippen molar-refractivity contribution in [1.82, 2.24) is 29.6 Å². The van der Waals surface area contributed by atoms with Gasteiger partial charge in [-0.25, -0.2) is 14.2 Å². The molecular weight excluding hydrogens is 433 g/mol. The number of nitrogens with zero attached hydrogens (tertiary/aromatic N) is 7. The molecule has 1 saturated carbocycles. The molecule has 11 heteroatoms. The van der Waals surface area contributed by atoms with Crippen LogP contribution in [0.4, 0.5) is 9.52 Å². The zero-order valence-corrected chi connectivity index (χ0v) is 18.8. The second kappa shape index (κ2) is 7.89. The third-order valence-electron chi connectivity index (χ3n) is 6.60. The summed E-state index contributed by atoms with van der Waals surface area (Å²) in [5.74, 6) is 0.474. The number of anilines is 1. The van der Waals surface area contributed by atoms with E-state index in [1.54, 1.807) is 19.2 Å². The van der Waals surface area contributed by atoms with E-state index in [0.29, 0.717) is 21.3 Å². The van der Waals surface area contributed by atoms with Gasteiger partial charge in [-0.1, -0.05) is 17.4 Å². The molecule has 1 N–H and O–H groups in total. The predicted octanol–water partition coefficient (Wildman–Crippen LogP) is 1.93. The lowest BCUT2D eigenvalue weighted by Crippen LogP contribution is -2.64. The Labute approximate surface area is 188 Å². The van der Waals surface area contributed by atoms with E-state index < -0.39 is 11.9 Å². The lowest BCUT2D eigenvalue weighted by atomic mass is 9.74. The maximum Gasteiger partial charge on any atom is 0.350 e. The summed E-state index contributed by atoms with van der Waals surface area (Å²) >= 11 is 1.32. The van der Waals surface area contributed by atoms with Gasteiger partial charge < -0.3 is 14.9 Å². The van der Waals surface area contributed by atoms with E-state index in [4.69, 9.17) is 0 Å². The van der Waals surface area contributed by atoms with E-state index in [0.717, 1.165) is 19.4 Å². The Morgan fingerprint density at radius 3 is 2.75 bits per heavy atom. The van der Waals surface area contributed by atoms with Crippen LogP contribution in [-0.4, -0.2) is 73.6 Å². The molecule has 3 aromatic rings. The maximum atomic E-state index is 15.2. The summed E-state index contributed by atoms with van der Waals surface area (Å²) in [6.45, 7) is 0.888. The maximum absolute atomic E-state index is 15.2. The molecule has 6 rings (SSSR count). The first-order valence-corrected chi connectivity index (χ1v) is 11.3. The number of fused-ring (bicyclic) bond motifs is 3. The molecule has 168 valence electrons. The zero-order valence-electron chi connectivity index (χ0n) is 18.0. The summed E-state index contributed by atoms with van der Waals surface area (Å²) in [5.41, 5.74) is 0.606. The summed E-state index contributed by atoms with van der Waals surface area (Å²) in [4.78, 5) is 23.9. The molecule has 4 atom stereocenters. The SMILES string of the molecule is CN1C[C@H]2CC[C@@H]1[C@@H](F)[C@@H]2N(C)c1nnc(-c2ccc(-c3ncn(C)c(=O)n3)cc2O)s1. The van der Waals surface area contributed by atoms with Crippen LogP contribution in [0.25, 0.3) is 22.0 Å². The standard InChI is InChI=1S/C21H24FN7O2S/c1-27-9-12-5-7-14(27)16(22)17(12)29(3)21-26-25-19(32-21)13-6-4-11(8-15(13)30)18-23-10-28(2)20(31)24-18/h4,6,8,10,12,14,16-17,30H,5,7,9H2,1-3H3/t12-,14-,16-,17-/m1/s1. The van der Waals surface area contributed by atoms with Crippen LogP contribution in [-0.2, 0) is 7.05 Å². The van der Waals surface area contributed by atoms with Gasteiger partial charge in [0.2, 0.25) is 5.13 Å². The highest BCUT2D eigenvalue weighted by molar-refractivity contribution is 7.18. The predicted molar refractivity (Wildman–Crippen MR) is 120 cm³/mol. The molecular formula is C21H24FN7O2S. The second-order valence-electron chi connectivity index (χ2n) is 8.59. The Kier molecular flexibility index (Phi) is 5.17. The summed E-state index contributed by atoms with van der Waals surface area (Å²) < 4.78 is 16.5. The Balaban J connectivity index is 1.40. The summed E-state index contributed by atoms with van der Waals surface area (Å²) in [7, 11) is 5.44. The fraction of sp³-hybridized carbons (Fsp3) is 0.476. The Bertz CT molecular complexity index is 1210. The van der Waals surface area contributed by atoms with Crippen molar-refractivity contribution in [1.29, 1.82) is 0 Å². The first kappa shape index (κ1) is 21.0. The largest absolute Gasteiger partial charge is 0.507 e. The fourth-order valence-electron chi connectivity index (χ4n) is 4.87. The van der Waals surface area contributed by atoms with Crippen LogP contribution in [0.2, 0.25) is 0 Å². The first-order chi connectivity index (χ1) is 15.3. The molecule has 3 fully saturated rings. The van der Waals surface area contributed by atoms with Crippen molar-refractivity contribution in [3.05, 3.63) is 35.0 Å². The van der Waals surface area contributed by atoms with Crippen molar-refractivity contribution >= 4 is 16.5 Å². The molecule has 0 spiro atoms. The summed E-state index contributed by atoms with van der Waals surface area (Å²) in [5, 5.41) is 20.3. The molecule has 2 saturated heterocycles. The van der Waals surface area contributed by atoms with Crippen LogP contribution in [0.5, 0.6) is 5.75 Å². The molecule has 0 radical (unpaired) electrons. The van der Waals surface area contributed by atoms with Crippen molar-refractivity contribution in [2.75, 3.05) is 25.5 Å². The van der Waals surface area contributed by atoms with Crippen molar-refractivity contribution in [3.63, 3.8) is 0 Å². The van der Waals surface area contributed by atoms with E-state index in [9.17, 15) is 9.90 Å². The minimum absolute atomic E-state index is 0.0150. The average molecular weight is 458 g/mol. The number of aryl methyl sites for hydroxylation is 1. The highest BCUT2D eigenvalue weighted by Gasteiger charge is 2.49. The molecule has 3 aliphatic rings. The zero-order chi connectivity index (χ0) is 22.6. The van der Waals surface area contributed by atoms with Gasteiger partial charge >= 0.3 is 5.69 Å². The quantitative estimate of drug-likeness (QED) is 0.635. The molecule has 0 amide bonds. The number of benzene rings is 1. The Morgan fingerprint density at radius 2 is 2.06 bits per heavy atom. The van der Waals surface area contributed by atoms with Crippen LogP contribution in [0.3, 0.4) is 0 Å². The lowest BCUT2D eigenvalue weighted by Gasteiger charge is -2.52. The third-order valence-corrected chi connectivity index (χ3v) is 7.65. The molecule has 9 nitrogen and oxygen atoms in total. The number of aromatic hydroxyl groups is 1. The van der Waals surface area contributed by atoms with Gasteiger partial charge in [0.15, 0.2) is 10.8 Å². The topological polar surface area (TPSA) is 100 Å². The van der Waals surface area contributed by atoms with Gasteiger partial charge in [-0.2, -0.15) is 4.98 Å². The number of phenols is 1. The number of alkyl halides is 1. The highest BCUT2D eigenvalue weighted by Crippen LogP contribution is 2.42. The number of hydrogen-bond donors (Lipinski definition) is 1. The van der Waals surface area contributed by atoms with Crippen LogP contribution in [0.15, 0.2) is 29.3 Å². The van der Waals surface area contributed by atoms with Gasteiger partial charge in [0.1, 0.15) is 18.2 Å². The molecule has 2 aromatic heterocycles. The first-order valence-electron chi connectivity index (χ1n) is 10.5. The van der Waals surface area contributed by atoms with Crippen LogP contribution >= 0.6 is 11.3 Å². The molecule has 1 aliphatic carbocycles. The van der Waals surface area contributed by atoms with Crippen LogP contribution in [0.1, 0.15) is 12.8 Å². The molecule has 0 unspecified atom stereocenters. The van der Waals surface area contributed by atoms with E-state index in [2.05, 4.69) is 25.1 Å². The molecule has 32 heavy (non-hydrogen) atoms. The van der Waals surface area contributed by atoms with Gasteiger partial charge in [-0.15, -0.1) is 10.2 Å². The second-order valence-corrected chi connectivity index (χ2v) is 9.54. The number of aromatic nitrogens is 5. The van der Waals surface area contributed by atoms with Crippen LogP contribution < -0.4 is 10.6 Å². The number of hydrogen-bond acceptors (Lipinski definition) is 9. The minimum atomic E-state index is -0.934. The van der Waals surface area contributed by atoms with Gasteiger partial charge in [0.05, 0.1) is 11.6 Å². The third kappa shape index (κ3) is 3.45. The van der Waals surface area contributed by atoms with Gasteiger partial charge in [-0.3, -0.25) is 4.57 Å². The Hall–Kier alpha value is -2.92. The van der Waals surface area contributed by atoms with E-state index >= 15 is 4.39 Å². The normalized spacial score (nSPS) is 25.2. The van der Waals surface area contributed by atoms with E-state index in [1.165, 1.54) is 28.3 Å². The lowest BCUT2D eigenvalue weighted by molar-refractivity contribution is -0.0175. The monoisotopic (exact) mass is 457 g/mol. The molecule has 2 bridgehead atoms. The van der Waals surface area contributed by atoms with Gasteiger partial charge in [0.25, 0.3) is 0 Å². The van der Waals surface area contributed by atoms with E-state index in [1.807, 2.05) is 19.0 Å². The Morgan fingerprint density at radius 1 is 1.25 bits per heavy atom. The average Bonchev–Trinajstić information content (AvgIpc) is 3.25. The molecule has 2 aliphatic heterocycles. The van der Waals surface area contributed by atoms with Gasteiger partial charge in [-0.05, 0) is 37.9 Å². The fourth-order valence-corrected chi connectivity index (χ4v) is 5.76. The minimum Gasteiger partial charge on any atom is -0.507 e. The number of phenolic OH excluding ortho intramolecular Hbond substituents is 1. The smallest absolute Gasteiger partial charge is 0.350 e. The van der Waals surface area contributed by atoms with Crippen LogP contribution in [0, 0.1) is 5.92 Å². The summed E-state index contributed by atoms with van der Waals surface area (Å²) in [6.07, 6.45) is 2.36. The number of rotatable bonds is 4.